The second kappa shape index (κ2) is 7.74. The fraction of sp³-hybridized carbons (Fsp3) is 0.143. The van der Waals surface area contributed by atoms with Crippen LogP contribution < -0.4 is 4.74 Å². The van der Waals surface area contributed by atoms with Crippen molar-refractivity contribution in [2.45, 2.75) is 13.5 Å². The van der Waals surface area contributed by atoms with Crippen LogP contribution in [0.3, 0.4) is 0 Å². The number of nitrogens with zero attached hydrogens (tertiary/aromatic N) is 4. The van der Waals surface area contributed by atoms with Crippen LogP contribution in [0.1, 0.15) is 11.1 Å². The fourth-order valence-electron chi connectivity index (χ4n) is 2.97. The first-order chi connectivity index (χ1) is 13.7. The zero-order valence-corrected chi connectivity index (χ0v) is 16.3. The molecule has 2 aromatic carbocycles. The first-order valence-electron chi connectivity index (χ1n) is 8.70. The summed E-state index contributed by atoms with van der Waals surface area (Å²) in [6.45, 7) is 2.40. The molecule has 7 heteroatoms. The van der Waals surface area contributed by atoms with E-state index >= 15 is 0 Å². The number of phenolic OH excluding ortho intramolecular Hbond substituents is 1. The Bertz CT molecular complexity index is 1160. The molecule has 0 aliphatic carbocycles. The lowest BCUT2D eigenvalue weighted by Crippen LogP contribution is -1.86. The number of methoxy groups -OCH3 is 1. The van der Waals surface area contributed by atoms with Gasteiger partial charge in [-0.1, -0.05) is 36.4 Å². The summed E-state index contributed by atoms with van der Waals surface area (Å²) in [5.74, 6) is 1.07. The van der Waals surface area contributed by atoms with Gasteiger partial charge in [0.05, 0.1) is 19.2 Å². The summed E-state index contributed by atoms with van der Waals surface area (Å²) < 4.78 is 5.97. The van der Waals surface area contributed by atoms with Crippen LogP contribution in [0.4, 0.5) is 5.82 Å². The van der Waals surface area contributed by atoms with E-state index in [0.717, 1.165) is 31.8 Å². The minimum atomic E-state index is 0.0843. The maximum Gasteiger partial charge on any atom is 0.195 e. The Morgan fingerprint density at radius 3 is 2.68 bits per heavy atom. The average molecular weight is 390 g/mol. The number of rotatable bonds is 5. The van der Waals surface area contributed by atoms with Crippen molar-refractivity contribution in [2.75, 3.05) is 7.11 Å². The maximum atomic E-state index is 9.87. The number of aromatic hydroxyl groups is 1. The Morgan fingerprint density at radius 1 is 1.11 bits per heavy atom. The molecule has 0 aliphatic rings. The number of fused-ring (bicyclic) bond motifs is 1. The predicted octanol–water partition coefficient (Wildman–Crippen LogP) is 5.66. The smallest absolute Gasteiger partial charge is 0.195 e. The zero-order chi connectivity index (χ0) is 19.5. The second-order valence-electron chi connectivity index (χ2n) is 6.20. The number of benzene rings is 2. The highest BCUT2D eigenvalue weighted by Gasteiger charge is 2.15. The molecule has 1 N–H and O–H groups in total. The Labute approximate surface area is 166 Å². The lowest BCUT2D eigenvalue weighted by Gasteiger charge is -2.03. The molecule has 6 nitrogen and oxygen atoms in total. The molecule has 0 amide bonds. The van der Waals surface area contributed by atoms with Crippen LogP contribution >= 0.6 is 11.3 Å². The molecule has 0 saturated carbocycles. The first-order valence-corrected chi connectivity index (χ1v) is 9.52. The minimum Gasteiger partial charge on any atom is -0.504 e. The number of hydrogen-bond acceptors (Lipinski definition) is 7. The minimum absolute atomic E-state index is 0.0843. The first kappa shape index (κ1) is 18.1. The van der Waals surface area contributed by atoms with Gasteiger partial charge in [-0.2, -0.15) is 5.11 Å². The second-order valence-corrected chi connectivity index (χ2v) is 7.22. The van der Waals surface area contributed by atoms with Gasteiger partial charge in [-0.3, -0.25) is 0 Å². The normalized spacial score (nSPS) is 11.4. The van der Waals surface area contributed by atoms with Crippen LogP contribution in [0.25, 0.3) is 20.7 Å². The van der Waals surface area contributed by atoms with Crippen molar-refractivity contribution < 1.29 is 9.84 Å². The molecular weight excluding hydrogens is 372 g/mol. The summed E-state index contributed by atoms with van der Waals surface area (Å²) in [4.78, 5) is 9.90. The molecule has 4 rings (SSSR count). The van der Waals surface area contributed by atoms with Crippen molar-refractivity contribution in [3.63, 3.8) is 0 Å². The fourth-order valence-corrected chi connectivity index (χ4v) is 4.16. The van der Waals surface area contributed by atoms with Gasteiger partial charge in [0.15, 0.2) is 17.3 Å². The molecule has 140 valence electrons. The van der Waals surface area contributed by atoms with Crippen LogP contribution in [-0.4, -0.2) is 22.2 Å². The SMILES string of the molecule is COc1ccc(CN=Nc2ncnc3c(C)c(-c4ccccc4)sc23)cc1O. The molecule has 0 spiro atoms. The van der Waals surface area contributed by atoms with Gasteiger partial charge >= 0.3 is 0 Å². The van der Waals surface area contributed by atoms with E-state index in [0.29, 0.717) is 18.1 Å². The van der Waals surface area contributed by atoms with Gasteiger partial charge < -0.3 is 9.84 Å². The van der Waals surface area contributed by atoms with Gasteiger partial charge in [-0.25, -0.2) is 9.97 Å². The number of phenols is 1. The predicted molar refractivity (Wildman–Crippen MR) is 110 cm³/mol. The molecule has 0 radical (unpaired) electrons. The molecule has 0 unspecified atom stereocenters. The van der Waals surface area contributed by atoms with Crippen molar-refractivity contribution in [2.24, 2.45) is 10.2 Å². The van der Waals surface area contributed by atoms with Gasteiger partial charge in [0.2, 0.25) is 0 Å². The summed E-state index contributed by atoms with van der Waals surface area (Å²) in [7, 11) is 1.52. The Kier molecular flexibility index (Phi) is 4.99. The zero-order valence-electron chi connectivity index (χ0n) is 15.5. The van der Waals surface area contributed by atoms with E-state index in [2.05, 4.69) is 39.3 Å². The average Bonchev–Trinajstić information content (AvgIpc) is 3.06. The van der Waals surface area contributed by atoms with Gasteiger partial charge in [0.25, 0.3) is 0 Å². The summed E-state index contributed by atoms with van der Waals surface area (Å²) in [5.41, 5.74) is 4.00. The summed E-state index contributed by atoms with van der Waals surface area (Å²) >= 11 is 1.62. The van der Waals surface area contributed by atoms with E-state index < -0.39 is 0 Å². The van der Waals surface area contributed by atoms with Crippen molar-refractivity contribution in [1.82, 2.24) is 9.97 Å². The molecule has 0 saturated heterocycles. The van der Waals surface area contributed by atoms with Crippen LogP contribution in [0.5, 0.6) is 11.5 Å². The standard InChI is InChI=1S/C21H18N4O2S/c1-13-18-20(28-19(13)15-6-4-3-5-7-15)21(23-12-22-18)25-24-11-14-8-9-17(27-2)16(26)10-14/h3-10,12,26H,11H2,1-2H3. The highest BCUT2D eigenvalue weighted by Crippen LogP contribution is 2.40. The lowest BCUT2D eigenvalue weighted by molar-refractivity contribution is 0.373. The monoisotopic (exact) mass is 390 g/mol. The Balaban J connectivity index is 1.64. The number of aryl methyl sites for hydroxylation is 1. The molecule has 0 bridgehead atoms. The Hall–Kier alpha value is -3.32. The van der Waals surface area contributed by atoms with E-state index in [1.807, 2.05) is 24.3 Å². The van der Waals surface area contributed by atoms with Crippen molar-refractivity contribution >= 4 is 27.4 Å². The van der Waals surface area contributed by atoms with Crippen molar-refractivity contribution in [1.29, 1.82) is 0 Å². The number of thiophene rings is 1. The van der Waals surface area contributed by atoms with E-state index in [1.165, 1.54) is 13.4 Å². The Morgan fingerprint density at radius 2 is 1.93 bits per heavy atom. The van der Waals surface area contributed by atoms with Gasteiger partial charge in [0.1, 0.15) is 11.0 Å². The third-order valence-electron chi connectivity index (χ3n) is 4.38. The quantitative estimate of drug-likeness (QED) is 0.446. The summed E-state index contributed by atoms with van der Waals surface area (Å²) in [6.07, 6.45) is 1.52. The number of hydrogen-bond donors (Lipinski definition) is 1. The van der Waals surface area contributed by atoms with Gasteiger partial charge in [-0.15, -0.1) is 16.5 Å². The van der Waals surface area contributed by atoms with Crippen LogP contribution in [0.15, 0.2) is 65.1 Å². The molecule has 0 fully saturated rings. The molecule has 28 heavy (non-hydrogen) atoms. The molecule has 2 aromatic heterocycles. The van der Waals surface area contributed by atoms with Crippen molar-refractivity contribution in [3.8, 4) is 21.9 Å². The molecule has 4 aromatic rings. The van der Waals surface area contributed by atoms with Crippen LogP contribution in [-0.2, 0) is 6.54 Å². The van der Waals surface area contributed by atoms with E-state index in [1.54, 1.807) is 23.5 Å². The number of azo groups is 1. The topological polar surface area (TPSA) is 80.0 Å². The highest BCUT2D eigenvalue weighted by molar-refractivity contribution is 7.23. The summed E-state index contributed by atoms with van der Waals surface area (Å²) in [6, 6.07) is 15.4. The van der Waals surface area contributed by atoms with E-state index in [-0.39, 0.29) is 5.75 Å². The molecule has 0 aliphatic heterocycles. The number of ether oxygens (including phenoxy) is 1. The van der Waals surface area contributed by atoms with E-state index in [9.17, 15) is 5.11 Å². The van der Waals surface area contributed by atoms with Gasteiger partial charge in [0, 0.05) is 4.88 Å². The third kappa shape index (κ3) is 3.44. The molecule has 0 atom stereocenters. The third-order valence-corrected chi connectivity index (χ3v) is 5.71. The number of aromatic nitrogens is 2. The van der Waals surface area contributed by atoms with Crippen LogP contribution in [0.2, 0.25) is 0 Å². The highest BCUT2D eigenvalue weighted by atomic mass is 32.1. The van der Waals surface area contributed by atoms with Crippen molar-refractivity contribution in [3.05, 3.63) is 66.0 Å². The van der Waals surface area contributed by atoms with Crippen LogP contribution in [0, 0.1) is 6.92 Å². The largest absolute Gasteiger partial charge is 0.504 e. The molecule has 2 heterocycles. The maximum absolute atomic E-state index is 9.87. The van der Waals surface area contributed by atoms with E-state index in [4.69, 9.17) is 4.74 Å². The summed E-state index contributed by atoms with van der Waals surface area (Å²) in [5, 5.41) is 18.5. The lowest BCUT2D eigenvalue weighted by atomic mass is 10.1. The molecular formula is C21H18N4O2S. The van der Waals surface area contributed by atoms with Gasteiger partial charge in [-0.05, 0) is 35.7 Å².